The number of halogens is 1. The lowest BCUT2D eigenvalue weighted by Gasteiger charge is -2.16. The number of carboxylic acid groups (broad SMARTS) is 1. The monoisotopic (exact) mass is 335 g/mol. The molecule has 0 aliphatic heterocycles. The number of aryl methyl sites for hydroxylation is 1. The number of aromatic nitrogens is 2. The summed E-state index contributed by atoms with van der Waals surface area (Å²) in [7, 11) is 0. The van der Waals surface area contributed by atoms with Crippen LogP contribution in [0.5, 0.6) is 0 Å². The van der Waals surface area contributed by atoms with Gasteiger partial charge in [0.1, 0.15) is 6.04 Å². The lowest BCUT2D eigenvalue weighted by atomic mass is 10.1. The van der Waals surface area contributed by atoms with Crippen LogP contribution in [0, 0.1) is 18.8 Å². The molecule has 1 aliphatic rings. The number of rotatable bonds is 5. The summed E-state index contributed by atoms with van der Waals surface area (Å²) >= 11 is 5.88. The van der Waals surface area contributed by atoms with Gasteiger partial charge in [-0.15, -0.1) is 0 Å². The van der Waals surface area contributed by atoms with Crippen LogP contribution in [0.4, 0.5) is 0 Å². The number of carboxylic acids is 1. The summed E-state index contributed by atoms with van der Waals surface area (Å²) in [4.78, 5) is 27.3. The first-order chi connectivity index (χ1) is 11.0. The van der Waals surface area contributed by atoms with E-state index in [4.69, 9.17) is 21.2 Å². The van der Waals surface area contributed by atoms with Crippen molar-refractivity contribution in [1.82, 2.24) is 15.5 Å². The fourth-order valence-electron chi connectivity index (χ4n) is 2.39. The highest BCUT2D eigenvalue weighted by Gasteiger charge is 2.48. The number of aliphatic carboxylic acids is 1. The average molecular weight is 336 g/mol. The highest BCUT2D eigenvalue weighted by molar-refractivity contribution is 6.30. The van der Waals surface area contributed by atoms with Crippen molar-refractivity contribution in [3.8, 4) is 0 Å². The second kappa shape index (κ2) is 6.00. The Labute approximate surface area is 136 Å². The minimum atomic E-state index is -0.955. The Kier molecular flexibility index (Phi) is 4.04. The number of hydrogen-bond donors (Lipinski definition) is 2. The van der Waals surface area contributed by atoms with Crippen LogP contribution < -0.4 is 5.32 Å². The van der Waals surface area contributed by atoms with E-state index in [1.807, 2.05) is 0 Å². The largest absolute Gasteiger partial charge is 0.481 e. The summed E-state index contributed by atoms with van der Waals surface area (Å²) in [6, 6.07) is 6.27. The van der Waals surface area contributed by atoms with Crippen molar-refractivity contribution in [2.24, 2.45) is 11.8 Å². The average Bonchev–Trinajstić information content (AvgIpc) is 3.22. The van der Waals surface area contributed by atoms with Crippen molar-refractivity contribution in [1.29, 1.82) is 0 Å². The highest BCUT2D eigenvalue weighted by atomic mass is 35.5. The first-order valence-corrected chi connectivity index (χ1v) is 7.42. The van der Waals surface area contributed by atoms with Crippen LogP contribution in [0.3, 0.4) is 0 Å². The second-order valence-electron chi connectivity index (χ2n) is 5.45. The van der Waals surface area contributed by atoms with Gasteiger partial charge in [-0.1, -0.05) is 28.9 Å². The molecule has 1 aromatic heterocycles. The Morgan fingerprint density at radius 3 is 2.57 bits per heavy atom. The maximum atomic E-state index is 12.3. The Hall–Kier alpha value is -2.41. The third-order valence-corrected chi connectivity index (χ3v) is 3.99. The molecule has 3 rings (SSSR count). The van der Waals surface area contributed by atoms with Crippen LogP contribution in [0.2, 0.25) is 5.02 Å². The quantitative estimate of drug-likeness (QED) is 0.865. The third kappa shape index (κ3) is 3.34. The van der Waals surface area contributed by atoms with E-state index >= 15 is 0 Å². The van der Waals surface area contributed by atoms with E-state index in [9.17, 15) is 9.59 Å². The van der Waals surface area contributed by atoms with Gasteiger partial charge in [0.2, 0.25) is 11.8 Å². The maximum Gasteiger partial charge on any atom is 0.307 e. The molecule has 8 heteroatoms. The molecule has 0 bridgehead atoms. The van der Waals surface area contributed by atoms with Crippen molar-refractivity contribution in [3.63, 3.8) is 0 Å². The molecule has 120 valence electrons. The Morgan fingerprint density at radius 2 is 2.04 bits per heavy atom. The van der Waals surface area contributed by atoms with Gasteiger partial charge in [0.15, 0.2) is 5.82 Å². The van der Waals surface area contributed by atoms with Crippen LogP contribution in [0.1, 0.15) is 29.7 Å². The van der Waals surface area contributed by atoms with Crippen LogP contribution in [-0.4, -0.2) is 27.1 Å². The van der Waals surface area contributed by atoms with Gasteiger partial charge in [-0.05, 0) is 24.1 Å². The fourth-order valence-corrected chi connectivity index (χ4v) is 2.52. The van der Waals surface area contributed by atoms with E-state index in [0.29, 0.717) is 23.2 Å². The van der Waals surface area contributed by atoms with E-state index in [1.165, 1.54) is 0 Å². The summed E-state index contributed by atoms with van der Waals surface area (Å²) in [5.41, 5.74) is 0.732. The highest BCUT2D eigenvalue weighted by Crippen LogP contribution is 2.39. The standard InChI is InChI=1S/C15H14ClN3O4/c1-7-17-13(19-23-7)12(8-2-4-9(16)5-3-8)18-14(20)10-6-11(10)15(21)22/h2-5,10-12H,6H2,1H3,(H,18,20)(H,21,22)/t10-,11+,12-/m1/s1. The first-order valence-electron chi connectivity index (χ1n) is 7.04. The summed E-state index contributed by atoms with van der Waals surface area (Å²) < 4.78 is 4.98. The zero-order chi connectivity index (χ0) is 16.6. The van der Waals surface area contributed by atoms with Crippen molar-refractivity contribution >= 4 is 23.5 Å². The molecule has 1 fully saturated rings. The number of hydrogen-bond acceptors (Lipinski definition) is 5. The Bertz CT molecular complexity index is 743. The summed E-state index contributed by atoms with van der Waals surface area (Å²) in [6.45, 7) is 1.65. The number of carbonyl (C=O) groups excluding carboxylic acids is 1. The maximum absolute atomic E-state index is 12.3. The molecular formula is C15H14ClN3O4. The number of amides is 1. The lowest BCUT2D eigenvalue weighted by Crippen LogP contribution is -2.32. The number of carbonyl (C=O) groups is 2. The van der Waals surface area contributed by atoms with E-state index < -0.39 is 23.8 Å². The van der Waals surface area contributed by atoms with Gasteiger partial charge >= 0.3 is 5.97 Å². The molecule has 0 spiro atoms. The van der Waals surface area contributed by atoms with Gasteiger partial charge in [-0.3, -0.25) is 9.59 Å². The molecule has 1 amide bonds. The van der Waals surface area contributed by atoms with Gasteiger partial charge in [0, 0.05) is 11.9 Å². The number of nitrogens with zero attached hydrogens (tertiary/aromatic N) is 2. The van der Waals surface area contributed by atoms with Crippen molar-refractivity contribution < 1.29 is 19.2 Å². The predicted octanol–water partition coefficient (Wildman–Crippen LogP) is 1.96. The smallest absolute Gasteiger partial charge is 0.307 e. The number of nitrogens with one attached hydrogen (secondary N) is 1. The SMILES string of the molecule is Cc1nc([C@H](NC(=O)[C@@H]2C[C@@H]2C(=O)O)c2ccc(Cl)cc2)no1. The molecule has 1 heterocycles. The van der Waals surface area contributed by atoms with E-state index in [-0.39, 0.29) is 5.91 Å². The van der Waals surface area contributed by atoms with E-state index in [2.05, 4.69) is 15.5 Å². The van der Waals surface area contributed by atoms with Crippen molar-refractivity contribution in [3.05, 3.63) is 46.6 Å². The molecule has 3 atom stereocenters. The van der Waals surface area contributed by atoms with Crippen LogP contribution in [0.15, 0.2) is 28.8 Å². The third-order valence-electron chi connectivity index (χ3n) is 3.74. The Morgan fingerprint density at radius 1 is 1.35 bits per heavy atom. The number of benzene rings is 1. The van der Waals surface area contributed by atoms with Gasteiger partial charge in [0.25, 0.3) is 0 Å². The van der Waals surface area contributed by atoms with Gasteiger partial charge < -0.3 is 14.9 Å². The van der Waals surface area contributed by atoms with Gasteiger partial charge in [-0.2, -0.15) is 4.98 Å². The van der Waals surface area contributed by atoms with Gasteiger partial charge in [-0.25, -0.2) is 0 Å². The fraction of sp³-hybridized carbons (Fsp3) is 0.333. The van der Waals surface area contributed by atoms with Crippen LogP contribution in [0.25, 0.3) is 0 Å². The molecule has 1 aromatic carbocycles. The molecule has 0 saturated heterocycles. The molecule has 0 unspecified atom stereocenters. The first kappa shape index (κ1) is 15.5. The minimum absolute atomic E-state index is 0.311. The topological polar surface area (TPSA) is 105 Å². The molecular weight excluding hydrogens is 322 g/mol. The summed E-state index contributed by atoms with van der Waals surface area (Å²) in [6.07, 6.45) is 0.347. The molecule has 23 heavy (non-hydrogen) atoms. The molecule has 0 radical (unpaired) electrons. The van der Waals surface area contributed by atoms with E-state index in [0.717, 1.165) is 5.56 Å². The van der Waals surface area contributed by atoms with E-state index in [1.54, 1.807) is 31.2 Å². The lowest BCUT2D eigenvalue weighted by molar-refractivity contribution is -0.140. The summed E-state index contributed by atoms with van der Waals surface area (Å²) in [5, 5.41) is 16.2. The summed E-state index contributed by atoms with van der Waals surface area (Å²) in [5.74, 6) is -1.74. The molecule has 1 saturated carbocycles. The molecule has 2 N–H and O–H groups in total. The predicted molar refractivity (Wildman–Crippen MR) is 79.7 cm³/mol. The Balaban J connectivity index is 1.83. The zero-order valence-electron chi connectivity index (χ0n) is 12.2. The van der Waals surface area contributed by atoms with Crippen molar-refractivity contribution in [2.75, 3.05) is 0 Å². The van der Waals surface area contributed by atoms with Gasteiger partial charge in [0.05, 0.1) is 11.8 Å². The normalized spacial score (nSPS) is 20.8. The zero-order valence-corrected chi connectivity index (χ0v) is 12.9. The minimum Gasteiger partial charge on any atom is -0.481 e. The van der Waals surface area contributed by atoms with Crippen molar-refractivity contribution in [2.45, 2.75) is 19.4 Å². The molecule has 1 aliphatic carbocycles. The van der Waals surface area contributed by atoms with Crippen LogP contribution >= 0.6 is 11.6 Å². The molecule has 2 aromatic rings. The second-order valence-corrected chi connectivity index (χ2v) is 5.89. The molecule has 7 nitrogen and oxygen atoms in total. The van der Waals surface area contributed by atoms with Crippen LogP contribution in [-0.2, 0) is 9.59 Å².